The van der Waals surface area contributed by atoms with Gasteiger partial charge in [0, 0.05) is 25.4 Å². The third kappa shape index (κ3) is 4.31. The van der Waals surface area contributed by atoms with E-state index in [1.807, 2.05) is 0 Å². The molecule has 0 unspecified atom stereocenters. The van der Waals surface area contributed by atoms with Crippen LogP contribution in [0.25, 0.3) is 11.2 Å². The van der Waals surface area contributed by atoms with Crippen LogP contribution < -0.4 is 11.2 Å². The number of ether oxygens (including phenoxy) is 1. The molecule has 0 radical (unpaired) electrons. The monoisotopic (exact) mass is 376 g/mol. The van der Waals surface area contributed by atoms with Gasteiger partial charge in [-0.1, -0.05) is 13.3 Å². The van der Waals surface area contributed by atoms with Crippen molar-refractivity contribution in [3.05, 3.63) is 26.7 Å². The average molecular weight is 376 g/mol. The summed E-state index contributed by atoms with van der Waals surface area (Å²) in [5.74, 6) is 0.944. The third-order valence-corrected chi connectivity index (χ3v) is 4.90. The number of rotatable bonds is 10. The zero-order valence-corrected chi connectivity index (χ0v) is 16.1. The van der Waals surface area contributed by atoms with Gasteiger partial charge < -0.3 is 9.72 Å². The molecule has 0 amide bonds. The van der Waals surface area contributed by atoms with E-state index in [4.69, 9.17) is 4.74 Å². The molecule has 2 heterocycles. The van der Waals surface area contributed by atoms with E-state index in [1.54, 1.807) is 11.5 Å². The molecule has 1 saturated carbocycles. The Morgan fingerprint density at radius 3 is 2.56 bits per heavy atom. The lowest BCUT2D eigenvalue weighted by atomic mass is 10.2. The van der Waals surface area contributed by atoms with E-state index in [2.05, 4.69) is 16.9 Å². The largest absolute Gasteiger partial charge is 0.466 e. The summed E-state index contributed by atoms with van der Waals surface area (Å²) in [4.78, 5) is 44.9. The molecule has 3 rings (SSSR count). The second kappa shape index (κ2) is 8.54. The molecule has 0 bridgehead atoms. The van der Waals surface area contributed by atoms with Crippen molar-refractivity contribution in [1.29, 1.82) is 0 Å². The Balaban J connectivity index is 1.86. The molecule has 148 valence electrons. The van der Waals surface area contributed by atoms with Crippen molar-refractivity contribution in [3.63, 3.8) is 0 Å². The number of hydrogen-bond acceptors (Lipinski definition) is 5. The number of carbonyl (C=O) groups is 1. The Bertz CT molecular complexity index is 920. The predicted octanol–water partition coefficient (Wildman–Crippen LogP) is 2.30. The topological polar surface area (TPSA) is 99.0 Å². The maximum Gasteiger partial charge on any atom is 0.332 e. The highest BCUT2D eigenvalue weighted by Crippen LogP contribution is 2.38. The smallest absolute Gasteiger partial charge is 0.332 e. The molecule has 1 aliphatic carbocycles. The first kappa shape index (κ1) is 19.4. The fraction of sp³-hybridized carbons (Fsp3) is 0.684. The quantitative estimate of drug-likeness (QED) is 0.507. The van der Waals surface area contributed by atoms with Crippen LogP contribution in [-0.4, -0.2) is 31.7 Å². The maximum absolute atomic E-state index is 12.9. The molecular formula is C19H28N4O4. The van der Waals surface area contributed by atoms with Crippen molar-refractivity contribution < 1.29 is 9.53 Å². The van der Waals surface area contributed by atoms with E-state index in [0.717, 1.165) is 31.5 Å². The number of aromatic nitrogens is 4. The van der Waals surface area contributed by atoms with E-state index in [-0.39, 0.29) is 23.8 Å². The molecule has 0 spiro atoms. The number of hydrogen-bond donors (Lipinski definition) is 1. The van der Waals surface area contributed by atoms with Crippen LogP contribution >= 0.6 is 0 Å². The number of esters is 1. The fourth-order valence-corrected chi connectivity index (χ4v) is 3.22. The molecule has 8 heteroatoms. The highest BCUT2D eigenvalue weighted by molar-refractivity contribution is 5.70. The molecule has 1 fully saturated rings. The van der Waals surface area contributed by atoms with E-state index in [9.17, 15) is 14.4 Å². The number of H-pyrrole nitrogens is 1. The third-order valence-electron chi connectivity index (χ3n) is 4.90. The average Bonchev–Trinajstić information content (AvgIpc) is 3.40. The number of aromatic amines is 1. The Morgan fingerprint density at radius 2 is 1.89 bits per heavy atom. The molecule has 2 aromatic heterocycles. The minimum absolute atomic E-state index is 0.247. The maximum atomic E-state index is 12.9. The van der Waals surface area contributed by atoms with E-state index < -0.39 is 0 Å². The van der Waals surface area contributed by atoms with Crippen molar-refractivity contribution in [2.75, 3.05) is 6.61 Å². The van der Waals surface area contributed by atoms with Crippen molar-refractivity contribution >= 4 is 17.1 Å². The first-order chi connectivity index (χ1) is 13.1. The Kier molecular flexibility index (Phi) is 6.13. The standard InChI is InChI=1S/C19H28N4O4/c1-3-5-11-22-17-15(20-16(21-17)13-9-10-13)18(25)23(19(22)26)12-7-6-8-14(24)27-4-2/h13H,3-12H2,1-2H3,(H,20,21). The van der Waals surface area contributed by atoms with Crippen molar-refractivity contribution in [2.24, 2.45) is 0 Å². The zero-order valence-electron chi connectivity index (χ0n) is 16.1. The van der Waals surface area contributed by atoms with Gasteiger partial charge in [0.05, 0.1) is 6.61 Å². The number of fused-ring (bicyclic) bond motifs is 1. The van der Waals surface area contributed by atoms with Crippen LogP contribution in [0.5, 0.6) is 0 Å². The van der Waals surface area contributed by atoms with Crippen LogP contribution in [0.3, 0.4) is 0 Å². The van der Waals surface area contributed by atoms with Gasteiger partial charge in [0.25, 0.3) is 5.56 Å². The van der Waals surface area contributed by atoms with Crippen LogP contribution in [0.2, 0.25) is 0 Å². The predicted molar refractivity (Wildman–Crippen MR) is 102 cm³/mol. The molecule has 27 heavy (non-hydrogen) atoms. The van der Waals surface area contributed by atoms with Crippen molar-refractivity contribution in [3.8, 4) is 0 Å². The van der Waals surface area contributed by atoms with Gasteiger partial charge in [0.2, 0.25) is 0 Å². The number of nitrogens with zero attached hydrogens (tertiary/aromatic N) is 3. The number of unbranched alkanes of at least 4 members (excludes halogenated alkanes) is 2. The van der Waals surface area contributed by atoms with Gasteiger partial charge in [0.1, 0.15) is 11.3 Å². The summed E-state index contributed by atoms with van der Waals surface area (Å²) in [5.41, 5.74) is 0.255. The molecule has 1 aliphatic rings. The zero-order chi connectivity index (χ0) is 19.4. The molecular weight excluding hydrogens is 348 g/mol. The van der Waals surface area contributed by atoms with Crippen molar-refractivity contribution in [2.45, 2.75) is 77.8 Å². The summed E-state index contributed by atoms with van der Waals surface area (Å²) in [5, 5.41) is 0. The molecule has 0 atom stereocenters. The molecule has 0 saturated heterocycles. The van der Waals surface area contributed by atoms with Crippen LogP contribution in [0.4, 0.5) is 0 Å². The minimum Gasteiger partial charge on any atom is -0.466 e. The highest BCUT2D eigenvalue weighted by Gasteiger charge is 2.28. The van der Waals surface area contributed by atoms with Crippen LogP contribution in [0, 0.1) is 0 Å². The first-order valence-electron chi connectivity index (χ1n) is 9.95. The Morgan fingerprint density at radius 1 is 1.15 bits per heavy atom. The van der Waals surface area contributed by atoms with Crippen LogP contribution in [0.1, 0.15) is 70.5 Å². The van der Waals surface area contributed by atoms with Gasteiger partial charge in [-0.05, 0) is 39.0 Å². The van der Waals surface area contributed by atoms with Crippen LogP contribution in [-0.2, 0) is 22.6 Å². The second-order valence-corrected chi connectivity index (χ2v) is 7.10. The Labute approximate surface area is 157 Å². The van der Waals surface area contributed by atoms with E-state index in [1.165, 1.54) is 4.57 Å². The SMILES string of the molecule is CCCCn1c(=O)n(CCCCC(=O)OCC)c(=O)c2[nH]c(C3CC3)nc21. The number of nitrogens with one attached hydrogen (secondary N) is 1. The van der Waals surface area contributed by atoms with Gasteiger partial charge >= 0.3 is 11.7 Å². The van der Waals surface area contributed by atoms with Crippen LogP contribution in [0.15, 0.2) is 9.59 Å². The normalized spacial score (nSPS) is 14.0. The summed E-state index contributed by atoms with van der Waals surface area (Å²) in [6.45, 7) is 5.03. The lowest BCUT2D eigenvalue weighted by Gasteiger charge is -2.10. The van der Waals surface area contributed by atoms with E-state index in [0.29, 0.717) is 49.5 Å². The molecule has 2 aromatic rings. The Hall–Kier alpha value is -2.38. The summed E-state index contributed by atoms with van der Waals surface area (Å²) in [7, 11) is 0. The summed E-state index contributed by atoms with van der Waals surface area (Å²) in [6.07, 6.45) is 5.38. The first-order valence-corrected chi connectivity index (χ1v) is 9.95. The van der Waals surface area contributed by atoms with Gasteiger partial charge in [-0.15, -0.1) is 0 Å². The molecule has 1 N–H and O–H groups in total. The second-order valence-electron chi connectivity index (χ2n) is 7.10. The van der Waals surface area contributed by atoms with Gasteiger partial charge in [-0.25, -0.2) is 9.78 Å². The highest BCUT2D eigenvalue weighted by atomic mass is 16.5. The summed E-state index contributed by atoms with van der Waals surface area (Å²) >= 11 is 0. The fourth-order valence-electron chi connectivity index (χ4n) is 3.22. The number of carbonyl (C=O) groups excluding carboxylic acids is 1. The van der Waals surface area contributed by atoms with Crippen molar-refractivity contribution in [1.82, 2.24) is 19.1 Å². The van der Waals surface area contributed by atoms with Gasteiger partial charge in [-0.2, -0.15) is 0 Å². The number of imidazole rings is 1. The molecule has 0 aromatic carbocycles. The number of aryl methyl sites for hydroxylation is 1. The minimum atomic E-state index is -0.321. The summed E-state index contributed by atoms with van der Waals surface area (Å²) in [6, 6.07) is 0. The van der Waals surface area contributed by atoms with Gasteiger partial charge in [0.15, 0.2) is 5.65 Å². The van der Waals surface area contributed by atoms with Gasteiger partial charge in [-0.3, -0.25) is 18.7 Å². The van der Waals surface area contributed by atoms with E-state index >= 15 is 0 Å². The lowest BCUT2D eigenvalue weighted by molar-refractivity contribution is -0.143. The summed E-state index contributed by atoms with van der Waals surface area (Å²) < 4.78 is 7.80. The molecule has 8 nitrogen and oxygen atoms in total. The lowest BCUT2D eigenvalue weighted by Crippen LogP contribution is -2.40. The molecule has 0 aliphatic heterocycles.